The van der Waals surface area contributed by atoms with E-state index in [9.17, 15) is 0 Å². The molecular formula is C25H25N9O2. The van der Waals surface area contributed by atoms with Gasteiger partial charge in [0.25, 0.3) is 6.02 Å². The highest BCUT2D eigenvalue weighted by atomic mass is 16.5. The number of aliphatic imine (C=N–C) groups is 2. The molecular weight excluding hydrogens is 458 g/mol. The van der Waals surface area contributed by atoms with Crippen molar-refractivity contribution < 1.29 is 9.47 Å². The second-order valence-corrected chi connectivity index (χ2v) is 9.48. The van der Waals surface area contributed by atoms with Crippen LogP contribution in [-0.4, -0.2) is 44.1 Å². The average molecular weight is 484 g/mol. The SMILES string of the molecule is Cc1cc(C2(N)N=CNc3ccc(NC4=NC(C)(C)CO4)cc32)ccc1Oc1cc2nncn2cn1. The number of nitrogens with zero attached hydrogens (tertiary/aromatic N) is 6. The zero-order valence-corrected chi connectivity index (χ0v) is 20.1. The molecule has 1 unspecified atom stereocenters. The topological polar surface area (TPSA) is 136 Å². The molecule has 0 amide bonds. The summed E-state index contributed by atoms with van der Waals surface area (Å²) in [5, 5.41) is 14.3. The molecule has 0 spiro atoms. The van der Waals surface area contributed by atoms with E-state index < -0.39 is 5.66 Å². The number of aryl methyl sites for hydroxylation is 1. The Kier molecular flexibility index (Phi) is 4.90. The number of hydrogen-bond donors (Lipinski definition) is 3. The number of aromatic nitrogens is 4. The van der Waals surface area contributed by atoms with Crippen LogP contribution in [0.1, 0.15) is 30.5 Å². The molecule has 182 valence electrons. The molecule has 2 aliphatic heterocycles. The molecule has 0 bridgehead atoms. The van der Waals surface area contributed by atoms with Gasteiger partial charge < -0.3 is 20.1 Å². The van der Waals surface area contributed by atoms with E-state index in [1.54, 1.807) is 29.5 Å². The Bertz CT molecular complexity index is 1540. The molecule has 11 nitrogen and oxygen atoms in total. The van der Waals surface area contributed by atoms with Crippen LogP contribution in [0.3, 0.4) is 0 Å². The van der Waals surface area contributed by atoms with Crippen molar-refractivity contribution in [3.8, 4) is 11.6 Å². The van der Waals surface area contributed by atoms with Crippen molar-refractivity contribution in [1.29, 1.82) is 0 Å². The second-order valence-electron chi connectivity index (χ2n) is 9.48. The molecule has 4 heterocycles. The monoisotopic (exact) mass is 483 g/mol. The van der Waals surface area contributed by atoms with Gasteiger partial charge in [-0.3, -0.25) is 10.1 Å². The van der Waals surface area contributed by atoms with E-state index >= 15 is 0 Å². The molecule has 2 aromatic heterocycles. The fourth-order valence-electron chi connectivity index (χ4n) is 4.22. The largest absolute Gasteiger partial charge is 0.462 e. The molecule has 6 rings (SSSR count). The van der Waals surface area contributed by atoms with Crippen LogP contribution in [0.25, 0.3) is 5.65 Å². The molecule has 4 N–H and O–H groups in total. The highest BCUT2D eigenvalue weighted by Gasteiger charge is 2.34. The van der Waals surface area contributed by atoms with Gasteiger partial charge in [-0.05, 0) is 62.2 Å². The third kappa shape index (κ3) is 3.89. The molecule has 2 aliphatic rings. The molecule has 0 saturated carbocycles. The minimum Gasteiger partial charge on any atom is -0.462 e. The molecule has 2 aromatic carbocycles. The lowest BCUT2D eigenvalue weighted by Crippen LogP contribution is -2.39. The van der Waals surface area contributed by atoms with Gasteiger partial charge in [0.05, 0.1) is 11.9 Å². The zero-order valence-electron chi connectivity index (χ0n) is 20.1. The molecule has 0 radical (unpaired) electrons. The van der Waals surface area contributed by atoms with Crippen LogP contribution in [0.15, 0.2) is 65.1 Å². The molecule has 0 fully saturated rings. The van der Waals surface area contributed by atoms with Crippen LogP contribution < -0.4 is 21.1 Å². The maximum absolute atomic E-state index is 6.94. The Morgan fingerprint density at radius 2 is 2.03 bits per heavy atom. The smallest absolute Gasteiger partial charge is 0.289 e. The quantitative estimate of drug-likeness (QED) is 0.402. The van der Waals surface area contributed by atoms with E-state index in [-0.39, 0.29) is 5.54 Å². The maximum Gasteiger partial charge on any atom is 0.289 e. The van der Waals surface area contributed by atoms with Gasteiger partial charge >= 0.3 is 0 Å². The highest BCUT2D eigenvalue weighted by molar-refractivity contribution is 5.92. The summed E-state index contributed by atoms with van der Waals surface area (Å²) < 4.78 is 13.4. The summed E-state index contributed by atoms with van der Waals surface area (Å²) in [6.45, 7) is 6.54. The van der Waals surface area contributed by atoms with Gasteiger partial charge in [0.15, 0.2) is 11.3 Å². The third-order valence-electron chi connectivity index (χ3n) is 6.13. The first-order chi connectivity index (χ1) is 17.3. The first kappa shape index (κ1) is 22.0. The number of ether oxygens (including phenoxy) is 2. The van der Waals surface area contributed by atoms with E-state index in [1.165, 1.54) is 0 Å². The molecule has 1 atom stereocenters. The van der Waals surface area contributed by atoms with Gasteiger partial charge in [-0.25, -0.2) is 15.0 Å². The summed E-state index contributed by atoms with van der Waals surface area (Å²) in [4.78, 5) is 13.5. The van der Waals surface area contributed by atoms with Crippen LogP contribution in [0.4, 0.5) is 11.4 Å². The summed E-state index contributed by atoms with van der Waals surface area (Å²) in [7, 11) is 0. The van der Waals surface area contributed by atoms with Crippen molar-refractivity contribution in [2.45, 2.75) is 32.0 Å². The minimum absolute atomic E-state index is 0.252. The van der Waals surface area contributed by atoms with Crippen molar-refractivity contribution in [2.24, 2.45) is 15.7 Å². The molecule has 4 aromatic rings. The summed E-state index contributed by atoms with van der Waals surface area (Å²) >= 11 is 0. The summed E-state index contributed by atoms with van der Waals surface area (Å²) in [6.07, 6.45) is 4.82. The first-order valence-corrected chi connectivity index (χ1v) is 11.5. The Morgan fingerprint density at radius 3 is 2.83 bits per heavy atom. The van der Waals surface area contributed by atoms with Gasteiger partial charge in [0.2, 0.25) is 5.88 Å². The Morgan fingerprint density at radius 1 is 1.14 bits per heavy atom. The Labute approximate surface area is 207 Å². The van der Waals surface area contributed by atoms with Crippen LogP contribution in [0, 0.1) is 6.92 Å². The maximum atomic E-state index is 6.94. The summed E-state index contributed by atoms with van der Waals surface area (Å²) in [6, 6.07) is 13.9. The average Bonchev–Trinajstić information content (AvgIpc) is 3.46. The standard InChI is InChI=1S/C25H25N9O2/c1-15-8-16(4-7-20(15)36-22-10-21-33-30-14-34(21)13-28-22)25(26)18-9-17(5-6-19(18)27-12-29-25)31-23-32-24(2,3)11-35-23/h4-10,12-14H,11,26H2,1-3H3,(H,27,29)(H,31,32). The second kappa shape index (κ2) is 8.02. The van der Waals surface area contributed by atoms with E-state index in [4.69, 9.17) is 15.2 Å². The fraction of sp³-hybridized carbons (Fsp3) is 0.240. The molecule has 36 heavy (non-hydrogen) atoms. The fourth-order valence-corrected chi connectivity index (χ4v) is 4.22. The number of hydrogen-bond acceptors (Lipinski definition) is 10. The van der Waals surface area contributed by atoms with Crippen LogP contribution in [-0.2, 0) is 10.4 Å². The van der Waals surface area contributed by atoms with Gasteiger partial charge in [-0.2, -0.15) is 0 Å². The van der Waals surface area contributed by atoms with E-state index in [0.717, 1.165) is 28.1 Å². The predicted octanol–water partition coefficient (Wildman–Crippen LogP) is 3.42. The van der Waals surface area contributed by atoms with Crippen molar-refractivity contribution in [2.75, 3.05) is 17.2 Å². The summed E-state index contributed by atoms with van der Waals surface area (Å²) in [5.74, 6) is 1.08. The number of anilines is 2. The molecule has 11 heteroatoms. The minimum atomic E-state index is -1.10. The number of rotatable bonds is 4. The third-order valence-corrected chi connectivity index (χ3v) is 6.13. The lowest BCUT2D eigenvalue weighted by atomic mass is 9.89. The van der Waals surface area contributed by atoms with Gasteiger partial charge in [-0.15, -0.1) is 10.2 Å². The number of amidine groups is 1. The van der Waals surface area contributed by atoms with Crippen LogP contribution >= 0.6 is 0 Å². The predicted molar refractivity (Wildman–Crippen MR) is 137 cm³/mol. The van der Waals surface area contributed by atoms with E-state index in [2.05, 4.69) is 35.8 Å². The summed E-state index contributed by atoms with van der Waals surface area (Å²) in [5.41, 5.74) is 10.4. The van der Waals surface area contributed by atoms with Crippen molar-refractivity contribution in [3.05, 3.63) is 71.8 Å². The van der Waals surface area contributed by atoms with Gasteiger partial charge in [0.1, 0.15) is 25.0 Å². The van der Waals surface area contributed by atoms with Crippen LogP contribution in [0.5, 0.6) is 11.6 Å². The lowest BCUT2D eigenvalue weighted by Gasteiger charge is -2.32. The van der Waals surface area contributed by atoms with Crippen LogP contribution in [0.2, 0.25) is 0 Å². The molecule has 0 aliphatic carbocycles. The Balaban J connectivity index is 1.30. The van der Waals surface area contributed by atoms with Gasteiger partial charge in [-0.1, -0.05) is 6.07 Å². The number of nitrogens with one attached hydrogen (secondary N) is 2. The normalized spacial score (nSPS) is 19.8. The van der Waals surface area contributed by atoms with Crippen molar-refractivity contribution in [1.82, 2.24) is 19.6 Å². The van der Waals surface area contributed by atoms with Crippen molar-refractivity contribution in [3.63, 3.8) is 0 Å². The number of benzene rings is 2. The van der Waals surface area contributed by atoms with E-state index in [1.807, 2.05) is 57.2 Å². The number of nitrogens with two attached hydrogens (primary N) is 1. The first-order valence-electron chi connectivity index (χ1n) is 11.5. The zero-order chi connectivity index (χ0) is 24.9. The van der Waals surface area contributed by atoms with Crippen molar-refractivity contribution >= 4 is 29.4 Å². The molecule has 0 saturated heterocycles. The van der Waals surface area contributed by atoms with Gasteiger partial charge in [0, 0.05) is 23.0 Å². The van der Waals surface area contributed by atoms with E-state index in [0.29, 0.717) is 29.9 Å². The Hall–Kier alpha value is -4.51. The highest BCUT2D eigenvalue weighted by Crippen LogP contribution is 2.39. The number of fused-ring (bicyclic) bond motifs is 2. The lowest BCUT2D eigenvalue weighted by molar-refractivity contribution is 0.278.